The molecule has 0 aliphatic carbocycles. The van der Waals surface area contributed by atoms with Crippen LogP contribution in [0.4, 0.5) is 0 Å². The molecule has 3 aromatic heterocycles. The van der Waals surface area contributed by atoms with Crippen molar-refractivity contribution in [3.8, 4) is 0 Å². The molecule has 0 amide bonds. The fourth-order valence-corrected chi connectivity index (χ4v) is 2.88. The number of hydrogen-bond acceptors (Lipinski definition) is 6. The number of fused-ring (bicyclic) bond motifs is 1. The van der Waals surface area contributed by atoms with Crippen LogP contribution in [0.1, 0.15) is 23.0 Å². The first kappa shape index (κ1) is 15.4. The van der Waals surface area contributed by atoms with Crippen molar-refractivity contribution in [2.45, 2.75) is 13.5 Å². The van der Waals surface area contributed by atoms with Gasteiger partial charge in [0, 0.05) is 6.20 Å². The van der Waals surface area contributed by atoms with Gasteiger partial charge >= 0.3 is 5.97 Å². The van der Waals surface area contributed by atoms with E-state index in [1.807, 2.05) is 0 Å². The van der Waals surface area contributed by atoms with Crippen LogP contribution in [-0.4, -0.2) is 27.1 Å². The van der Waals surface area contributed by atoms with Gasteiger partial charge in [-0.2, -0.15) is 0 Å². The van der Waals surface area contributed by atoms with Crippen LogP contribution in [0, 0.1) is 0 Å². The van der Waals surface area contributed by atoms with E-state index in [-0.39, 0.29) is 18.7 Å². The molecular formula is C15H12BrN3O4. The van der Waals surface area contributed by atoms with Gasteiger partial charge in [0.2, 0.25) is 5.43 Å². The number of oxazole rings is 1. The van der Waals surface area contributed by atoms with Gasteiger partial charge in [0.25, 0.3) is 0 Å². The van der Waals surface area contributed by atoms with Crippen molar-refractivity contribution in [3.05, 3.63) is 57.1 Å². The third-order valence-electron chi connectivity index (χ3n) is 3.23. The maximum absolute atomic E-state index is 12.6. The Balaban J connectivity index is 2.28. The molecule has 0 fully saturated rings. The van der Waals surface area contributed by atoms with E-state index < -0.39 is 11.4 Å². The predicted molar refractivity (Wildman–Crippen MR) is 85.3 cm³/mol. The Hall–Kier alpha value is -2.48. The summed E-state index contributed by atoms with van der Waals surface area (Å²) in [5, 5.41) is 0.332. The Labute approximate surface area is 139 Å². The highest BCUT2D eigenvalue weighted by atomic mass is 79.9. The first-order chi connectivity index (χ1) is 11.1. The molecule has 0 saturated carbocycles. The molecule has 0 saturated heterocycles. The van der Waals surface area contributed by atoms with Crippen molar-refractivity contribution >= 4 is 32.9 Å². The lowest BCUT2D eigenvalue weighted by Gasteiger charge is -2.14. The van der Waals surface area contributed by atoms with Crippen LogP contribution in [0.2, 0.25) is 0 Å². The maximum Gasteiger partial charge on any atom is 0.344 e. The summed E-state index contributed by atoms with van der Waals surface area (Å²) in [6, 6.07) is 3.27. The molecule has 0 aromatic carbocycles. The first-order valence-electron chi connectivity index (χ1n) is 6.85. The number of halogens is 1. The smallest absolute Gasteiger partial charge is 0.344 e. The van der Waals surface area contributed by atoms with Gasteiger partial charge in [0.15, 0.2) is 6.39 Å². The molecule has 0 radical (unpaired) electrons. The number of aromatic nitrogens is 3. The van der Waals surface area contributed by atoms with Crippen LogP contribution in [0.25, 0.3) is 11.0 Å². The van der Waals surface area contributed by atoms with E-state index in [0.717, 1.165) is 0 Å². The van der Waals surface area contributed by atoms with Gasteiger partial charge in [0.05, 0.1) is 24.7 Å². The number of hydrogen-bond donors (Lipinski definition) is 0. The van der Waals surface area contributed by atoms with E-state index in [2.05, 4.69) is 25.9 Å². The van der Waals surface area contributed by atoms with Crippen LogP contribution >= 0.6 is 15.9 Å². The summed E-state index contributed by atoms with van der Waals surface area (Å²) in [7, 11) is 0. The Morgan fingerprint density at radius 3 is 3.00 bits per heavy atom. The Bertz CT molecular complexity index is 918. The fraction of sp³-hybridized carbons (Fsp3) is 0.200. The largest absolute Gasteiger partial charge is 0.462 e. The van der Waals surface area contributed by atoms with Crippen molar-refractivity contribution in [1.82, 2.24) is 14.5 Å². The second-order valence-electron chi connectivity index (χ2n) is 4.64. The average molecular weight is 378 g/mol. The summed E-state index contributed by atoms with van der Waals surface area (Å²) in [6.07, 6.45) is 4.45. The second-order valence-corrected chi connectivity index (χ2v) is 5.40. The van der Waals surface area contributed by atoms with Crippen molar-refractivity contribution in [2.75, 3.05) is 6.61 Å². The zero-order valence-corrected chi connectivity index (χ0v) is 13.7. The molecule has 0 aliphatic rings. The molecule has 0 bridgehead atoms. The molecule has 0 unspecified atom stereocenters. The number of rotatable bonds is 4. The molecule has 7 nitrogen and oxygen atoms in total. The van der Waals surface area contributed by atoms with Gasteiger partial charge < -0.3 is 13.7 Å². The maximum atomic E-state index is 12.6. The van der Waals surface area contributed by atoms with E-state index in [9.17, 15) is 9.59 Å². The third kappa shape index (κ3) is 2.77. The van der Waals surface area contributed by atoms with Crippen LogP contribution < -0.4 is 5.43 Å². The predicted octanol–water partition coefficient (Wildman–Crippen LogP) is 2.37. The average Bonchev–Trinajstić information content (AvgIpc) is 3.05. The van der Waals surface area contributed by atoms with Gasteiger partial charge in [-0.3, -0.25) is 4.79 Å². The lowest BCUT2D eigenvalue weighted by atomic mass is 10.2. The summed E-state index contributed by atoms with van der Waals surface area (Å²) in [5.41, 5.74) is -0.0482. The molecule has 8 heteroatoms. The van der Waals surface area contributed by atoms with Crippen LogP contribution in [0.5, 0.6) is 0 Å². The molecule has 23 heavy (non-hydrogen) atoms. The topological polar surface area (TPSA) is 87.2 Å². The first-order valence-corrected chi connectivity index (χ1v) is 7.64. The molecule has 3 rings (SSSR count). The quantitative estimate of drug-likeness (QED) is 0.512. The number of nitrogens with zero attached hydrogens (tertiary/aromatic N) is 3. The highest BCUT2D eigenvalue weighted by Crippen LogP contribution is 2.22. The summed E-state index contributed by atoms with van der Waals surface area (Å²) in [5.74, 6) is -0.113. The van der Waals surface area contributed by atoms with E-state index in [0.29, 0.717) is 21.4 Å². The molecule has 0 N–H and O–H groups in total. The molecule has 118 valence electrons. The van der Waals surface area contributed by atoms with Crippen LogP contribution in [-0.2, 0) is 11.3 Å². The van der Waals surface area contributed by atoms with Crippen molar-refractivity contribution < 1.29 is 13.9 Å². The zero-order valence-electron chi connectivity index (χ0n) is 12.2. The lowest BCUT2D eigenvalue weighted by molar-refractivity contribution is 0.0523. The Morgan fingerprint density at radius 1 is 1.48 bits per heavy atom. The van der Waals surface area contributed by atoms with E-state index in [4.69, 9.17) is 9.15 Å². The van der Waals surface area contributed by atoms with E-state index >= 15 is 0 Å². The minimum absolute atomic E-state index is 0.0631. The van der Waals surface area contributed by atoms with Crippen molar-refractivity contribution in [3.63, 3.8) is 0 Å². The van der Waals surface area contributed by atoms with Crippen molar-refractivity contribution in [1.29, 1.82) is 0 Å². The molecular weight excluding hydrogens is 366 g/mol. The number of pyridine rings is 2. The van der Waals surface area contributed by atoms with Gasteiger partial charge in [0.1, 0.15) is 21.6 Å². The van der Waals surface area contributed by atoms with Gasteiger partial charge in [-0.25, -0.2) is 14.8 Å². The van der Waals surface area contributed by atoms with Crippen LogP contribution in [0.15, 0.2) is 44.7 Å². The highest BCUT2D eigenvalue weighted by Gasteiger charge is 2.23. The van der Waals surface area contributed by atoms with E-state index in [1.54, 1.807) is 36.0 Å². The summed E-state index contributed by atoms with van der Waals surface area (Å²) < 4.78 is 12.2. The number of esters is 1. The van der Waals surface area contributed by atoms with Gasteiger partial charge in [-0.15, -0.1) is 0 Å². The second kappa shape index (κ2) is 6.33. The highest BCUT2D eigenvalue weighted by molar-refractivity contribution is 9.10. The standard InChI is InChI=1S/C15H12BrN3O4/c1-2-22-15(21)11-12(20)10-4-3-5-18-14(10)19(13(11)16)7-9-6-17-8-23-9/h3-6,8H,2,7H2,1H3. The van der Waals surface area contributed by atoms with E-state index in [1.165, 1.54) is 6.39 Å². The number of carbonyl (C=O) groups excluding carboxylic acids is 1. The summed E-state index contributed by atoms with van der Waals surface area (Å²) >= 11 is 3.33. The summed E-state index contributed by atoms with van der Waals surface area (Å²) in [4.78, 5) is 32.9. The lowest BCUT2D eigenvalue weighted by Crippen LogP contribution is -2.23. The zero-order chi connectivity index (χ0) is 16.4. The molecule has 0 atom stereocenters. The Kier molecular flexibility index (Phi) is 4.24. The third-order valence-corrected chi connectivity index (χ3v) is 4.06. The minimum Gasteiger partial charge on any atom is -0.462 e. The molecule has 0 spiro atoms. The van der Waals surface area contributed by atoms with Crippen molar-refractivity contribution in [2.24, 2.45) is 0 Å². The molecule has 3 heterocycles. The number of ether oxygens (including phenoxy) is 1. The van der Waals surface area contributed by atoms with Gasteiger partial charge in [-0.1, -0.05) is 0 Å². The minimum atomic E-state index is -0.679. The monoisotopic (exact) mass is 377 g/mol. The normalized spacial score (nSPS) is 10.9. The number of carbonyl (C=O) groups is 1. The Morgan fingerprint density at radius 2 is 2.30 bits per heavy atom. The SMILES string of the molecule is CCOC(=O)c1c(Br)n(Cc2cnco2)c2ncccc2c1=O. The van der Waals surface area contributed by atoms with Gasteiger partial charge in [-0.05, 0) is 35.0 Å². The molecule has 3 aromatic rings. The van der Waals surface area contributed by atoms with Crippen LogP contribution in [0.3, 0.4) is 0 Å². The molecule has 0 aliphatic heterocycles. The summed E-state index contributed by atoms with van der Waals surface area (Å²) in [6.45, 7) is 2.13. The fourth-order valence-electron chi connectivity index (χ4n) is 2.25.